The number of likely N-dealkylation sites (N-methyl/N-ethyl adjacent to an activating group) is 1. The van der Waals surface area contributed by atoms with Gasteiger partial charge in [-0.3, -0.25) is 4.79 Å². The van der Waals surface area contributed by atoms with Crippen LogP contribution in [0.5, 0.6) is 5.75 Å². The van der Waals surface area contributed by atoms with Crippen molar-refractivity contribution >= 4 is 17.7 Å². The third kappa shape index (κ3) is 4.38. The highest BCUT2D eigenvalue weighted by molar-refractivity contribution is 5.91. The Kier molecular flexibility index (Phi) is 5.20. The van der Waals surface area contributed by atoms with Crippen LogP contribution < -0.4 is 10.5 Å². The minimum Gasteiger partial charge on any atom is -0.487 e. The maximum absolute atomic E-state index is 11.5. The molecule has 0 saturated heterocycles. The molecule has 114 valence electrons. The summed E-state index contributed by atoms with van der Waals surface area (Å²) in [4.78, 5) is 13.0. The van der Waals surface area contributed by atoms with E-state index in [4.69, 9.17) is 10.5 Å². The number of carbonyl (C=O) groups is 1. The van der Waals surface area contributed by atoms with Gasteiger partial charge in [0.2, 0.25) is 5.91 Å². The zero-order valence-electron chi connectivity index (χ0n) is 12.8. The van der Waals surface area contributed by atoms with Crippen LogP contribution in [0.2, 0.25) is 0 Å². The molecule has 2 aromatic rings. The van der Waals surface area contributed by atoms with Gasteiger partial charge in [0.1, 0.15) is 12.4 Å². The average Bonchev–Trinajstić information content (AvgIpc) is 2.52. The maximum Gasteiger partial charge on any atom is 0.246 e. The van der Waals surface area contributed by atoms with Gasteiger partial charge in [0.25, 0.3) is 0 Å². The first-order valence-electron chi connectivity index (χ1n) is 7.02. The van der Waals surface area contributed by atoms with E-state index in [9.17, 15) is 4.79 Å². The Bertz CT molecular complexity index is 664. The summed E-state index contributed by atoms with van der Waals surface area (Å²) in [5.74, 6) is 0.572. The molecule has 0 aliphatic rings. The second-order valence-electron chi connectivity index (χ2n) is 5.14. The molecule has 0 unspecified atom stereocenters. The SMILES string of the molecule is CN(C)C(=O)/C=C\c1ccc(OCc2ccccc2)c(N)c1. The van der Waals surface area contributed by atoms with Gasteiger partial charge in [-0.1, -0.05) is 36.4 Å². The molecule has 4 nitrogen and oxygen atoms in total. The highest BCUT2D eigenvalue weighted by Crippen LogP contribution is 2.24. The molecule has 0 saturated carbocycles. The predicted molar refractivity (Wildman–Crippen MR) is 89.4 cm³/mol. The summed E-state index contributed by atoms with van der Waals surface area (Å²) in [7, 11) is 3.42. The highest BCUT2D eigenvalue weighted by Gasteiger charge is 2.02. The van der Waals surface area contributed by atoms with Gasteiger partial charge in [0, 0.05) is 20.2 Å². The number of rotatable bonds is 5. The van der Waals surface area contributed by atoms with E-state index in [-0.39, 0.29) is 5.91 Å². The second-order valence-corrected chi connectivity index (χ2v) is 5.14. The zero-order chi connectivity index (χ0) is 15.9. The number of ether oxygens (including phenoxy) is 1. The van der Waals surface area contributed by atoms with Gasteiger partial charge in [0.15, 0.2) is 0 Å². The number of nitrogen functional groups attached to an aromatic ring is 1. The Labute approximate surface area is 130 Å². The minimum atomic E-state index is -0.0667. The van der Waals surface area contributed by atoms with E-state index in [1.54, 1.807) is 26.2 Å². The molecule has 0 aliphatic heterocycles. The van der Waals surface area contributed by atoms with Crippen LogP contribution in [-0.2, 0) is 11.4 Å². The lowest BCUT2D eigenvalue weighted by Crippen LogP contribution is -2.18. The molecule has 4 heteroatoms. The number of benzene rings is 2. The standard InChI is InChI=1S/C18H20N2O2/c1-20(2)18(21)11-9-14-8-10-17(16(19)12-14)22-13-15-6-4-3-5-7-15/h3-12H,13,19H2,1-2H3/b11-9-. The summed E-state index contributed by atoms with van der Waals surface area (Å²) in [6, 6.07) is 15.4. The van der Waals surface area contributed by atoms with E-state index in [1.165, 1.54) is 11.0 Å². The lowest BCUT2D eigenvalue weighted by molar-refractivity contribution is -0.123. The van der Waals surface area contributed by atoms with Crippen molar-refractivity contribution in [2.45, 2.75) is 6.61 Å². The molecule has 0 aliphatic carbocycles. The molecular formula is C18H20N2O2. The van der Waals surface area contributed by atoms with E-state index >= 15 is 0 Å². The Balaban J connectivity index is 2.02. The molecule has 2 aromatic carbocycles. The van der Waals surface area contributed by atoms with Crippen molar-refractivity contribution < 1.29 is 9.53 Å². The second kappa shape index (κ2) is 7.31. The van der Waals surface area contributed by atoms with Crippen molar-refractivity contribution in [3.63, 3.8) is 0 Å². The molecule has 0 fully saturated rings. The summed E-state index contributed by atoms with van der Waals surface area (Å²) >= 11 is 0. The van der Waals surface area contributed by atoms with Crippen LogP contribution in [0.1, 0.15) is 11.1 Å². The van der Waals surface area contributed by atoms with Crippen molar-refractivity contribution in [1.82, 2.24) is 4.90 Å². The van der Waals surface area contributed by atoms with E-state index in [1.807, 2.05) is 42.5 Å². The van der Waals surface area contributed by atoms with Crippen LogP contribution in [0.4, 0.5) is 5.69 Å². The van der Waals surface area contributed by atoms with Crippen LogP contribution in [0, 0.1) is 0 Å². The first kappa shape index (κ1) is 15.6. The average molecular weight is 296 g/mol. The quantitative estimate of drug-likeness (QED) is 0.682. The molecule has 0 bridgehead atoms. The fourth-order valence-electron chi connectivity index (χ4n) is 1.85. The third-order valence-corrected chi connectivity index (χ3v) is 3.13. The fraction of sp³-hybridized carbons (Fsp3) is 0.167. The van der Waals surface area contributed by atoms with Crippen LogP contribution >= 0.6 is 0 Å². The van der Waals surface area contributed by atoms with Crippen LogP contribution in [-0.4, -0.2) is 24.9 Å². The monoisotopic (exact) mass is 296 g/mol. The van der Waals surface area contributed by atoms with Crippen LogP contribution in [0.15, 0.2) is 54.6 Å². The molecule has 1 amide bonds. The van der Waals surface area contributed by atoms with Crippen molar-refractivity contribution in [3.05, 3.63) is 65.7 Å². The van der Waals surface area contributed by atoms with E-state index in [0.29, 0.717) is 18.0 Å². The topological polar surface area (TPSA) is 55.6 Å². The van der Waals surface area contributed by atoms with Crippen molar-refractivity contribution in [2.24, 2.45) is 0 Å². The van der Waals surface area contributed by atoms with Gasteiger partial charge in [-0.15, -0.1) is 0 Å². The van der Waals surface area contributed by atoms with Gasteiger partial charge < -0.3 is 15.4 Å². The Hall–Kier alpha value is -2.75. The van der Waals surface area contributed by atoms with Crippen LogP contribution in [0.3, 0.4) is 0 Å². The normalized spacial score (nSPS) is 10.6. The molecule has 0 spiro atoms. The summed E-state index contributed by atoms with van der Waals surface area (Å²) in [5.41, 5.74) is 8.50. The Morgan fingerprint density at radius 1 is 1.18 bits per heavy atom. The molecule has 2 N–H and O–H groups in total. The minimum absolute atomic E-state index is 0.0667. The van der Waals surface area contributed by atoms with Gasteiger partial charge in [-0.25, -0.2) is 0 Å². The smallest absolute Gasteiger partial charge is 0.246 e. The highest BCUT2D eigenvalue weighted by atomic mass is 16.5. The molecular weight excluding hydrogens is 276 g/mol. The summed E-state index contributed by atoms with van der Waals surface area (Å²) in [6.07, 6.45) is 3.25. The van der Waals surface area contributed by atoms with Crippen molar-refractivity contribution in [3.8, 4) is 5.75 Å². The van der Waals surface area contributed by atoms with E-state index < -0.39 is 0 Å². The third-order valence-electron chi connectivity index (χ3n) is 3.13. The number of hydrogen-bond donors (Lipinski definition) is 1. The molecule has 0 heterocycles. The molecule has 2 rings (SSSR count). The molecule has 0 radical (unpaired) electrons. The Morgan fingerprint density at radius 2 is 1.91 bits per heavy atom. The number of carbonyl (C=O) groups excluding carboxylic acids is 1. The van der Waals surface area contributed by atoms with Gasteiger partial charge in [0.05, 0.1) is 5.69 Å². The summed E-state index contributed by atoms with van der Waals surface area (Å²) in [5, 5.41) is 0. The maximum atomic E-state index is 11.5. The number of nitrogens with zero attached hydrogens (tertiary/aromatic N) is 1. The Morgan fingerprint density at radius 3 is 2.55 bits per heavy atom. The van der Waals surface area contributed by atoms with Gasteiger partial charge in [-0.05, 0) is 29.3 Å². The molecule has 0 atom stereocenters. The number of hydrogen-bond acceptors (Lipinski definition) is 3. The predicted octanol–water partition coefficient (Wildman–Crippen LogP) is 2.95. The summed E-state index contributed by atoms with van der Waals surface area (Å²) < 4.78 is 5.72. The van der Waals surface area contributed by atoms with Crippen molar-refractivity contribution in [1.29, 1.82) is 0 Å². The fourth-order valence-corrected chi connectivity index (χ4v) is 1.85. The van der Waals surface area contributed by atoms with Gasteiger partial charge in [-0.2, -0.15) is 0 Å². The lowest BCUT2D eigenvalue weighted by atomic mass is 10.1. The molecule has 0 aromatic heterocycles. The van der Waals surface area contributed by atoms with E-state index in [0.717, 1.165) is 11.1 Å². The number of amides is 1. The van der Waals surface area contributed by atoms with E-state index in [2.05, 4.69) is 0 Å². The zero-order valence-corrected chi connectivity index (χ0v) is 12.8. The molecule has 22 heavy (non-hydrogen) atoms. The van der Waals surface area contributed by atoms with Crippen LogP contribution in [0.25, 0.3) is 6.08 Å². The lowest BCUT2D eigenvalue weighted by Gasteiger charge is -2.10. The number of anilines is 1. The first-order chi connectivity index (χ1) is 10.6. The van der Waals surface area contributed by atoms with Gasteiger partial charge >= 0.3 is 0 Å². The summed E-state index contributed by atoms with van der Waals surface area (Å²) in [6.45, 7) is 0.472. The number of nitrogens with two attached hydrogens (primary N) is 1. The van der Waals surface area contributed by atoms with Crippen molar-refractivity contribution in [2.75, 3.05) is 19.8 Å². The first-order valence-corrected chi connectivity index (χ1v) is 7.02. The largest absolute Gasteiger partial charge is 0.487 e.